The van der Waals surface area contributed by atoms with Gasteiger partial charge in [0.05, 0.1) is 35.9 Å². The zero-order valence-electron chi connectivity index (χ0n) is 18.7. The highest BCUT2D eigenvalue weighted by atomic mass is 16.5. The van der Waals surface area contributed by atoms with Crippen LogP contribution in [0.2, 0.25) is 0 Å². The fraction of sp³-hybridized carbons (Fsp3) is 0.375. The normalized spacial score (nSPS) is 13.9. The number of ether oxygens (including phenoxy) is 1. The summed E-state index contributed by atoms with van der Waals surface area (Å²) in [5.74, 6) is 0.588. The maximum atomic E-state index is 12.9. The Labute approximate surface area is 186 Å². The molecule has 4 rings (SSSR count). The second-order valence-electron chi connectivity index (χ2n) is 8.21. The molecule has 0 spiro atoms. The molecule has 1 N–H and O–H groups in total. The van der Waals surface area contributed by atoms with E-state index >= 15 is 0 Å². The van der Waals surface area contributed by atoms with Crippen LogP contribution in [0.4, 0.5) is 11.4 Å². The van der Waals surface area contributed by atoms with E-state index in [2.05, 4.69) is 10.2 Å². The Morgan fingerprint density at radius 1 is 0.938 bits per heavy atom. The number of fused-ring (bicyclic) bond motifs is 1. The van der Waals surface area contributed by atoms with Gasteiger partial charge in [-0.15, -0.1) is 0 Å². The standard InChI is InChI=1S/C24H28N4O4/c1-26-20-14-18(25-22(29)13-16-7-9-17(32-3)10-8-16)19(28-11-5-4-6-12-28)15-21(20)27(2)24(31)23(26)30/h7-10,14-15H,4-6,11-13H2,1-3H3,(H,25,29). The van der Waals surface area contributed by atoms with Crippen LogP contribution in [0.3, 0.4) is 0 Å². The molecule has 0 atom stereocenters. The van der Waals surface area contributed by atoms with Crippen molar-refractivity contribution in [3.63, 3.8) is 0 Å². The fourth-order valence-electron chi connectivity index (χ4n) is 4.23. The van der Waals surface area contributed by atoms with E-state index in [1.54, 1.807) is 27.3 Å². The minimum Gasteiger partial charge on any atom is -0.497 e. The summed E-state index contributed by atoms with van der Waals surface area (Å²) in [6.45, 7) is 1.76. The number of nitrogens with zero attached hydrogens (tertiary/aromatic N) is 3. The molecule has 1 aromatic heterocycles. The number of piperidine rings is 1. The quantitative estimate of drug-likeness (QED) is 0.621. The third-order valence-electron chi connectivity index (χ3n) is 6.10. The lowest BCUT2D eigenvalue weighted by atomic mass is 10.1. The summed E-state index contributed by atoms with van der Waals surface area (Å²) in [5.41, 5.74) is 2.48. The van der Waals surface area contributed by atoms with Gasteiger partial charge in [-0.2, -0.15) is 0 Å². The third-order valence-corrected chi connectivity index (χ3v) is 6.10. The Bertz CT molecular complexity index is 1270. The molecule has 8 heteroatoms. The number of carbonyl (C=O) groups is 1. The molecule has 0 saturated carbocycles. The molecular formula is C24H28N4O4. The van der Waals surface area contributed by atoms with Crippen LogP contribution in [-0.4, -0.2) is 35.2 Å². The van der Waals surface area contributed by atoms with Crippen molar-refractivity contribution >= 4 is 28.3 Å². The number of rotatable bonds is 5. The minimum absolute atomic E-state index is 0.150. The van der Waals surface area contributed by atoms with Crippen molar-refractivity contribution in [3.05, 3.63) is 62.7 Å². The number of hydrogen-bond acceptors (Lipinski definition) is 5. The van der Waals surface area contributed by atoms with Crippen LogP contribution >= 0.6 is 0 Å². The molecule has 0 radical (unpaired) electrons. The zero-order chi connectivity index (χ0) is 22.8. The second kappa shape index (κ2) is 8.90. The number of hydrogen-bond donors (Lipinski definition) is 1. The Morgan fingerprint density at radius 2 is 1.53 bits per heavy atom. The van der Waals surface area contributed by atoms with Gasteiger partial charge >= 0.3 is 11.1 Å². The number of benzene rings is 2. The van der Waals surface area contributed by atoms with Gasteiger partial charge in [-0.3, -0.25) is 14.4 Å². The van der Waals surface area contributed by atoms with Crippen LogP contribution in [0.15, 0.2) is 46.0 Å². The van der Waals surface area contributed by atoms with Crippen molar-refractivity contribution < 1.29 is 9.53 Å². The number of aryl methyl sites for hydroxylation is 2. The van der Waals surface area contributed by atoms with Crippen LogP contribution < -0.4 is 26.1 Å². The van der Waals surface area contributed by atoms with Gasteiger partial charge in [0.15, 0.2) is 0 Å². The highest BCUT2D eigenvalue weighted by Gasteiger charge is 2.20. The van der Waals surface area contributed by atoms with E-state index in [4.69, 9.17) is 4.74 Å². The molecule has 2 heterocycles. The van der Waals surface area contributed by atoms with Gasteiger partial charge in [0.1, 0.15) is 5.75 Å². The second-order valence-corrected chi connectivity index (χ2v) is 8.21. The molecule has 0 aliphatic carbocycles. The lowest BCUT2D eigenvalue weighted by molar-refractivity contribution is -0.115. The number of aromatic nitrogens is 2. The average Bonchev–Trinajstić information content (AvgIpc) is 2.82. The SMILES string of the molecule is COc1ccc(CC(=O)Nc2cc3c(cc2N2CCCCC2)n(C)c(=O)c(=O)n3C)cc1. The summed E-state index contributed by atoms with van der Waals surface area (Å²) in [5, 5.41) is 3.04. The van der Waals surface area contributed by atoms with Gasteiger partial charge in [-0.1, -0.05) is 12.1 Å². The van der Waals surface area contributed by atoms with Crippen LogP contribution in [-0.2, 0) is 25.3 Å². The van der Waals surface area contributed by atoms with Gasteiger partial charge in [-0.25, -0.2) is 0 Å². The summed E-state index contributed by atoms with van der Waals surface area (Å²) in [6, 6.07) is 11.1. The van der Waals surface area contributed by atoms with Crippen molar-refractivity contribution in [2.24, 2.45) is 14.1 Å². The molecule has 8 nitrogen and oxygen atoms in total. The number of methoxy groups -OCH3 is 1. The largest absolute Gasteiger partial charge is 0.497 e. The van der Waals surface area contributed by atoms with E-state index in [-0.39, 0.29) is 12.3 Å². The molecule has 1 amide bonds. The summed E-state index contributed by atoms with van der Waals surface area (Å²) < 4.78 is 7.90. The van der Waals surface area contributed by atoms with E-state index in [1.807, 2.05) is 30.3 Å². The maximum Gasteiger partial charge on any atom is 0.316 e. The lowest BCUT2D eigenvalue weighted by Crippen LogP contribution is -2.39. The summed E-state index contributed by atoms with van der Waals surface area (Å²) in [4.78, 5) is 39.8. The van der Waals surface area contributed by atoms with E-state index < -0.39 is 11.1 Å². The number of anilines is 2. The molecule has 1 fully saturated rings. The summed E-state index contributed by atoms with van der Waals surface area (Å²) in [6.07, 6.45) is 3.54. The van der Waals surface area contributed by atoms with Crippen LogP contribution in [0.1, 0.15) is 24.8 Å². The smallest absolute Gasteiger partial charge is 0.316 e. The van der Waals surface area contributed by atoms with Gasteiger partial charge in [-0.05, 0) is 49.1 Å². The van der Waals surface area contributed by atoms with Crippen molar-refractivity contribution in [2.75, 3.05) is 30.4 Å². The van der Waals surface area contributed by atoms with Gasteiger partial charge in [0, 0.05) is 27.2 Å². The molecule has 3 aromatic rings. The molecule has 0 unspecified atom stereocenters. The third kappa shape index (κ3) is 4.12. The number of carbonyl (C=O) groups excluding carboxylic acids is 1. The van der Waals surface area contributed by atoms with E-state index in [1.165, 1.54) is 15.6 Å². The lowest BCUT2D eigenvalue weighted by Gasteiger charge is -2.31. The topological polar surface area (TPSA) is 85.6 Å². The number of amides is 1. The Hall–Kier alpha value is -3.55. The first-order valence-electron chi connectivity index (χ1n) is 10.8. The van der Waals surface area contributed by atoms with Gasteiger partial charge in [0.25, 0.3) is 0 Å². The predicted molar refractivity (Wildman–Crippen MR) is 126 cm³/mol. The van der Waals surface area contributed by atoms with Crippen molar-refractivity contribution in [3.8, 4) is 5.75 Å². The Morgan fingerprint density at radius 3 is 2.12 bits per heavy atom. The summed E-state index contributed by atoms with van der Waals surface area (Å²) >= 11 is 0. The first-order chi connectivity index (χ1) is 15.4. The van der Waals surface area contributed by atoms with Crippen molar-refractivity contribution in [2.45, 2.75) is 25.7 Å². The molecule has 168 valence electrons. The fourth-order valence-corrected chi connectivity index (χ4v) is 4.23. The van der Waals surface area contributed by atoms with Crippen LogP contribution in [0.25, 0.3) is 11.0 Å². The van der Waals surface area contributed by atoms with E-state index in [9.17, 15) is 14.4 Å². The maximum absolute atomic E-state index is 12.9. The first-order valence-corrected chi connectivity index (χ1v) is 10.8. The van der Waals surface area contributed by atoms with Gasteiger partial charge in [0.2, 0.25) is 5.91 Å². The number of nitrogens with one attached hydrogen (secondary N) is 1. The Balaban J connectivity index is 1.74. The molecule has 1 aliphatic rings. The van der Waals surface area contributed by atoms with Crippen molar-refractivity contribution in [1.82, 2.24) is 9.13 Å². The highest BCUT2D eigenvalue weighted by Crippen LogP contribution is 2.32. The van der Waals surface area contributed by atoms with Crippen molar-refractivity contribution in [1.29, 1.82) is 0 Å². The molecule has 32 heavy (non-hydrogen) atoms. The monoisotopic (exact) mass is 436 g/mol. The zero-order valence-corrected chi connectivity index (χ0v) is 18.7. The van der Waals surface area contributed by atoms with Gasteiger partial charge < -0.3 is 24.1 Å². The minimum atomic E-state index is -0.596. The molecule has 2 aromatic carbocycles. The molecular weight excluding hydrogens is 408 g/mol. The van der Waals surface area contributed by atoms with E-state index in [0.717, 1.165) is 42.9 Å². The first kappa shape index (κ1) is 21.7. The highest BCUT2D eigenvalue weighted by molar-refractivity contribution is 5.99. The molecule has 0 bridgehead atoms. The Kier molecular flexibility index (Phi) is 6.03. The van der Waals surface area contributed by atoms with Crippen LogP contribution in [0, 0.1) is 0 Å². The predicted octanol–water partition coefficient (Wildman–Crippen LogP) is 2.42. The average molecular weight is 437 g/mol. The van der Waals surface area contributed by atoms with Crippen LogP contribution in [0.5, 0.6) is 5.75 Å². The molecule has 1 saturated heterocycles. The summed E-state index contributed by atoms with van der Waals surface area (Å²) in [7, 11) is 4.79. The molecule has 1 aliphatic heterocycles. The van der Waals surface area contributed by atoms with E-state index in [0.29, 0.717) is 16.7 Å².